The van der Waals surface area contributed by atoms with Gasteiger partial charge in [-0.3, -0.25) is 4.79 Å². The highest BCUT2D eigenvalue weighted by molar-refractivity contribution is 7.91. The zero-order valence-electron chi connectivity index (χ0n) is 12.1. The Hall–Kier alpha value is -0.620. The van der Waals surface area contributed by atoms with Gasteiger partial charge in [-0.15, -0.1) is 0 Å². The molecule has 0 bridgehead atoms. The van der Waals surface area contributed by atoms with Crippen molar-refractivity contribution in [1.29, 1.82) is 0 Å². The highest BCUT2D eigenvalue weighted by atomic mass is 32.2. The average molecular weight is 290 g/mol. The van der Waals surface area contributed by atoms with Crippen LogP contribution in [0, 0.1) is 5.92 Å². The summed E-state index contributed by atoms with van der Waals surface area (Å²) in [4.78, 5) is 13.9. The summed E-state index contributed by atoms with van der Waals surface area (Å²) in [6.45, 7) is 3.41. The molecule has 5 nitrogen and oxygen atoms in total. The van der Waals surface area contributed by atoms with E-state index in [-0.39, 0.29) is 35.4 Å². The number of nitrogens with zero attached hydrogens (tertiary/aromatic N) is 1. The molecule has 19 heavy (non-hydrogen) atoms. The quantitative estimate of drug-likeness (QED) is 0.811. The minimum atomic E-state index is -3.06. The molecule has 6 heteroatoms. The molecule has 0 spiro atoms. The zero-order chi connectivity index (χ0) is 14.6. The van der Waals surface area contributed by atoms with Crippen LogP contribution in [0.4, 0.5) is 0 Å². The third kappa shape index (κ3) is 4.76. The van der Waals surface area contributed by atoms with Gasteiger partial charge in [-0.1, -0.05) is 13.3 Å². The first-order valence-corrected chi connectivity index (χ1v) is 8.81. The summed E-state index contributed by atoms with van der Waals surface area (Å²) in [5.41, 5.74) is 5.90. The van der Waals surface area contributed by atoms with Crippen LogP contribution in [0.25, 0.3) is 0 Å². The van der Waals surface area contributed by atoms with Crippen LogP contribution in [0.2, 0.25) is 0 Å². The number of carbonyl (C=O) groups is 1. The molecule has 2 N–H and O–H groups in total. The number of nitrogens with two attached hydrogens (primary N) is 1. The molecule has 1 aliphatic rings. The molecule has 3 atom stereocenters. The summed E-state index contributed by atoms with van der Waals surface area (Å²) in [7, 11) is -1.36. The molecule has 0 aromatic rings. The molecule has 0 saturated heterocycles. The maximum absolute atomic E-state index is 12.3. The molecule has 1 saturated carbocycles. The number of carbonyl (C=O) groups excluding carboxylic acids is 1. The SMILES string of the molecule is CCS(=O)(=O)CC(C)N(C)C(=O)C1CCCC(N)C1. The zero-order valence-corrected chi connectivity index (χ0v) is 12.9. The first-order valence-electron chi connectivity index (χ1n) is 6.99. The van der Waals surface area contributed by atoms with Gasteiger partial charge in [0.2, 0.25) is 5.91 Å². The highest BCUT2D eigenvalue weighted by Crippen LogP contribution is 2.25. The van der Waals surface area contributed by atoms with E-state index in [1.165, 1.54) is 0 Å². The fourth-order valence-electron chi connectivity index (χ4n) is 2.55. The van der Waals surface area contributed by atoms with E-state index < -0.39 is 9.84 Å². The fourth-order valence-corrected chi connectivity index (χ4v) is 3.75. The Morgan fingerprint density at radius 3 is 2.58 bits per heavy atom. The van der Waals surface area contributed by atoms with Gasteiger partial charge in [0, 0.05) is 30.8 Å². The second kappa shape index (κ2) is 6.70. The molecule has 0 aromatic heterocycles. The molecule has 0 aliphatic heterocycles. The molecule has 1 amide bonds. The molecule has 1 rings (SSSR count). The normalized spacial score (nSPS) is 25.9. The summed E-state index contributed by atoms with van der Waals surface area (Å²) in [6.07, 6.45) is 3.54. The Bertz CT molecular complexity index is 408. The average Bonchev–Trinajstić information content (AvgIpc) is 2.36. The predicted octanol–water partition coefficient (Wildman–Crippen LogP) is 0.786. The maximum atomic E-state index is 12.3. The molecular formula is C13H26N2O3S. The number of amides is 1. The Morgan fingerprint density at radius 2 is 2.05 bits per heavy atom. The third-order valence-electron chi connectivity index (χ3n) is 4.01. The predicted molar refractivity (Wildman–Crippen MR) is 76.5 cm³/mol. The fraction of sp³-hybridized carbons (Fsp3) is 0.923. The summed E-state index contributed by atoms with van der Waals surface area (Å²) in [5, 5.41) is 0. The number of rotatable bonds is 5. The lowest BCUT2D eigenvalue weighted by Gasteiger charge is -2.32. The van der Waals surface area contributed by atoms with Crippen LogP contribution in [0.5, 0.6) is 0 Å². The molecule has 1 fully saturated rings. The van der Waals surface area contributed by atoms with E-state index in [0.717, 1.165) is 25.7 Å². The van der Waals surface area contributed by atoms with Gasteiger partial charge in [-0.2, -0.15) is 0 Å². The Balaban J connectivity index is 2.60. The summed E-state index contributed by atoms with van der Waals surface area (Å²) < 4.78 is 23.2. The van der Waals surface area contributed by atoms with Gasteiger partial charge >= 0.3 is 0 Å². The topological polar surface area (TPSA) is 80.5 Å². The number of hydrogen-bond donors (Lipinski definition) is 1. The van der Waals surface area contributed by atoms with Gasteiger partial charge < -0.3 is 10.6 Å². The lowest BCUT2D eigenvalue weighted by molar-refractivity contribution is -0.136. The first-order chi connectivity index (χ1) is 8.76. The van der Waals surface area contributed by atoms with Gasteiger partial charge in [-0.25, -0.2) is 8.42 Å². The van der Waals surface area contributed by atoms with Crippen LogP contribution >= 0.6 is 0 Å². The van der Waals surface area contributed by atoms with Crippen molar-refractivity contribution >= 4 is 15.7 Å². The molecule has 3 unspecified atom stereocenters. The molecule has 112 valence electrons. The van der Waals surface area contributed by atoms with Crippen LogP contribution in [-0.4, -0.2) is 49.9 Å². The van der Waals surface area contributed by atoms with E-state index in [0.29, 0.717) is 0 Å². The smallest absolute Gasteiger partial charge is 0.225 e. The minimum absolute atomic E-state index is 0.0323. The van der Waals surface area contributed by atoms with Gasteiger partial charge in [0.1, 0.15) is 0 Å². The summed E-state index contributed by atoms with van der Waals surface area (Å²) in [5.74, 6) is 0.146. The second-order valence-corrected chi connectivity index (χ2v) is 8.02. The van der Waals surface area contributed by atoms with Crippen molar-refractivity contribution in [3.8, 4) is 0 Å². The molecular weight excluding hydrogens is 264 g/mol. The van der Waals surface area contributed by atoms with Crippen LogP contribution in [-0.2, 0) is 14.6 Å². The van der Waals surface area contributed by atoms with Crippen molar-refractivity contribution in [2.45, 2.75) is 51.6 Å². The summed E-state index contributed by atoms with van der Waals surface area (Å²) >= 11 is 0. The van der Waals surface area contributed by atoms with E-state index in [4.69, 9.17) is 5.73 Å². The number of hydrogen-bond acceptors (Lipinski definition) is 4. The molecule has 0 heterocycles. The van der Waals surface area contributed by atoms with Crippen LogP contribution < -0.4 is 5.73 Å². The Labute approximate surface area is 116 Å². The van der Waals surface area contributed by atoms with Crippen LogP contribution in [0.1, 0.15) is 39.5 Å². The molecule has 0 aromatic carbocycles. The Kier molecular flexibility index (Phi) is 5.80. The van der Waals surface area contributed by atoms with E-state index in [2.05, 4.69) is 0 Å². The maximum Gasteiger partial charge on any atom is 0.225 e. The van der Waals surface area contributed by atoms with E-state index >= 15 is 0 Å². The van der Waals surface area contributed by atoms with E-state index in [1.807, 2.05) is 0 Å². The Morgan fingerprint density at radius 1 is 1.42 bits per heavy atom. The van der Waals surface area contributed by atoms with Crippen molar-refractivity contribution in [3.05, 3.63) is 0 Å². The van der Waals surface area contributed by atoms with Crippen molar-refractivity contribution in [2.24, 2.45) is 11.7 Å². The third-order valence-corrected chi connectivity index (χ3v) is 5.88. The van der Waals surface area contributed by atoms with E-state index in [1.54, 1.807) is 25.8 Å². The summed E-state index contributed by atoms with van der Waals surface area (Å²) in [6, 6.07) is -0.179. The monoisotopic (exact) mass is 290 g/mol. The van der Waals surface area contributed by atoms with Crippen molar-refractivity contribution in [1.82, 2.24) is 4.90 Å². The van der Waals surface area contributed by atoms with Crippen molar-refractivity contribution in [2.75, 3.05) is 18.6 Å². The lowest BCUT2D eigenvalue weighted by atomic mass is 9.85. The standard InChI is InChI=1S/C13H26N2O3S/c1-4-19(17,18)9-10(2)15(3)13(16)11-6-5-7-12(14)8-11/h10-12H,4-9,14H2,1-3H3. The van der Waals surface area contributed by atoms with Gasteiger partial charge in [0.25, 0.3) is 0 Å². The van der Waals surface area contributed by atoms with Crippen molar-refractivity contribution < 1.29 is 13.2 Å². The van der Waals surface area contributed by atoms with Crippen LogP contribution in [0.3, 0.4) is 0 Å². The lowest BCUT2D eigenvalue weighted by Crippen LogP contribution is -2.45. The van der Waals surface area contributed by atoms with Crippen molar-refractivity contribution in [3.63, 3.8) is 0 Å². The largest absolute Gasteiger partial charge is 0.342 e. The first kappa shape index (κ1) is 16.4. The van der Waals surface area contributed by atoms with Gasteiger partial charge in [-0.05, 0) is 26.2 Å². The number of sulfone groups is 1. The molecule has 1 aliphatic carbocycles. The minimum Gasteiger partial charge on any atom is -0.342 e. The highest BCUT2D eigenvalue weighted by Gasteiger charge is 2.30. The van der Waals surface area contributed by atoms with Gasteiger partial charge in [0.15, 0.2) is 9.84 Å². The van der Waals surface area contributed by atoms with E-state index in [9.17, 15) is 13.2 Å². The molecule has 0 radical (unpaired) electrons. The van der Waals surface area contributed by atoms with Crippen LogP contribution in [0.15, 0.2) is 0 Å². The second-order valence-electron chi connectivity index (χ2n) is 5.62. The van der Waals surface area contributed by atoms with Gasteiger partial charge in [0.05, 0.1) is 5.75 Å².